The molecule has 0 aliphatic carbocycles. The minimum atomic E-state index is -0.377. The van der Waals surface area contributed by atoms with Gasteiger partial charge in [0.2, 0.25) is 0 Å². The van der Waals surface area contributed by atoms with Crippen molar-refractivity contribution < 1.29 is 30.0 Å². The van der Waals surface area contributed by atoms with Crippen LogP contribution in [0.4, 0.5) is 0 Å². The van der Waals surface area contributed by atoms with Crippen molar-refractivity contribution >= 4 is 16.6 Å². The molecule has 0 bridgehead atoms. The zero-order valence-corrected chi connectivity index (χ0v) is 31.3. The molecule has 239 valence electrons. The van der Waals surface area contributed by atoms with Gasteiger partial charge in [0, 0.05) is 43.2 Å². The first-order valence-corrected chi connectivity index (χ1v) is 15.9. The Morgan fingerprint density at radius 3 is 2.12 bits per heavy atom. The molecule has 3 aromatic rings. The number of aliphatic hydroxyl groups is 1. The molecule has 1 atom stereocenters. The van der Waals surface area contributed by atoms with Gasteiger partial charge in [-0.2, -0.15) is 0 Å². The van der Waals surface area contributed by atoms with Gasteiger partial charge in [-0.1, -0.05) is 94.7 Å². The third-order valence-corrected chi connectivity index (χ3v) is 8.89. The quantitative estimate of drug-likeness (QED) is 0.120. The number of allylic oxidation sites excluding steroid dienone is 2. The Bertz CT molecular complexity index is 1360. The predicted octanol–water partition coefficient (Wildman–Crippen LogP) is 11.4. The summed E-state index contributed by atoms with van der Waals surface area (Å²) in [7, 11) is 0. The van der Waals surface area contributed by atoms with Crippen molar-refractivity contribution in [3.05, 3.63) is 76.7 Å². The maximum absolute atomic E-state index is 11.8. The monoisotopic (exact) mass is 763 g/mol. The van der Waals surface area contributed by atoms with Crippen molar-refractivity contribution in [1.29, 1.82) is 0 Å². The normalized spacial score (nSPS) is 12.9. The number of rotatable bonds is 11. The molecule has 0 aliphatic heterocycles. The zero-order valence-electron chi connectivity index (χ0n) is 28.9. The summed E-state index contributed by atoms with van der Waals surface area (Å²) in [5, 5.41) is 12.4. The summed E-state index contributed by atoms with van der Waals surface area (Å²) in [6.45, 7) is 25.1. The number of aryl methyl sites for hydroxylation is 3. The summed E-state index contributed by atoms with van der Waals surface area (Å²) < 4.78 is 0. The third-order valence-electron chi connectivity index (χ3n) is 8.89. The van der Waals surface area contributed by atoms with Crippen molar-refractivity contribution in [2.75, 3.05) is 0 Å². The number of benzene rings is 2. The van der Waals surface area contributed by atoms with Gasteiger partial charge in [0.25, 0.3) is 0 Å². The first kappa shape index (κ1) is 38.7. The Hall–Kier alpha value is -2.29. The molecule has 0 spiro atoms. The summed E-state index contributed by atoms with van der Waals surface area (Å²) in [6, 6.07) is 14.7. The fourth-order valence-electron chi connectivity index (χ4n) is 5.29. The molecule has 1 N–H and O–H groups in total. The van der Waals surface area contributed by atoms with E-state index in [9.17, 15) is 9.90 Å². The van der Waals surface area contributed by atoms with Crippen LogP contribution < -0.4 is 0 Å². The average molecular weight is 763 g/mol. The van der Waals surface area contributed by atoms with Gasteiger partial charge in [0.05, 0.1) is 0 Å². The Kier molecular flexibility index (Phi) is 15.0. The number of carbonyl (C=O) groups excluding carboxylic acids is 1. The van der Waals surface area contributed by atoms with Crippen LogP contribution in [0.25, 0.3) is 22.0 Å². The van der Waals surface area contributed by atoms with Crippen LogP contribution in [0.5, 0.6) is 0 Å². The van der Waals surface area contributed by atoms with Crippen molar-refractivity contribution in [2.24, 2.45) is 16.7 Å². The first-order chi connectivity index (χ1) is 19.6. The van der Waals surface area contributed by atoms with Gasteiger partial charge in [-0.15, -0.1) is 34.9 Å². The summed E-state index contributed by atoms with van der Waals surface area (Å²) in [5.74, 6) is 1.55. The molecule has 1 aromatic heterocycles. The molecule has 0 aliphatic rings. The zero-order chi connectivity index (χ0) is 31.8. The van der Waals surface area contributed by atoms with Crippen molar-refractivity contribution in [2.45, 2.75) is 121 Å². The molecule has 1 heterocycles. The SMILES string of the molecule is CCC(C)(C)C(=O)/C=C(\O)C(C)(C)CC.CCCC(CC(C)C)c1ccc2c(-c3[c-]c(C)cc(C)c3)nccc2c1C.[Ir]. The largest absolute Gasteiger partial charge is 0.512 e. The number of aliphatic hydroxyl groups excluding tert-OH is 1. The Balaban J connectivity index is 0.000000497. The standard InChI is InChI=1S/C26H32N.C13H24O2.Ir/c1-7-8-21(13-17(2)3)23-9-10-25-24(20(23)6)11-12-27-26(25)22-15-18(4)14-19(5)16-22;1-7-12(3,4)10(14)9-11(15)13(5,6)8-2;/h9-12,14-15,17,21H,7-8,13H2,1-6H3;9,14H,7-8H2,1-6H3;/q-1;;/b;10-9-;. The van der Waals surface area contributed by atoms with Crippen molar-refractivity contribution in [1.82, 2.24) is 4.98 Å². The number of ketones is 1. The number of fused-ring (bicyclic) bond motifs is 1. The van der Waals surface area contributed by atoms with Crippen molar-refractivity contribution in [3.8, 4) is 11.3 Å². The second kappa shape index (κ2) is 16.7. The summed E-state index contributed by atoms with van der Waals surface area (Å²) in [6.07, 6.45) is 8.69. The van der Waals surface area contributed by atoms with Crippen LogP contribution in [0.1, 0.15) is 123 Å². The Labute approximate surface area is 276 Å². The number of pyridine rings is 1. The number of carbonyl (C=O) groups is 1. The number of nitrogens with zero attached hydrogens (tertiary/aromatic N) is 1. The van der Waals surface area contributed by atoms with E-state index >= 15 is 0 Å². The molecule has 0 saturated heterocycles. The van der Waals surface area contributed by atoms with Crippen LogP contribution in [-0.2, 0) is 24.9 Å². The fourth-order valence-corrected chi connectivity index (χ4v) is 5.29. The molecule has 1 unspecified atom stereocenters. The molecular formula is C39H56IrNO2-. The molecule has 3 nitrogen and oxygen atoms in total. The Morgan fingerprint density at radius 2 is 1.58 bits per heavy atom. The Morgan fingerprint density at radius 1 is 0.953 bits per heavy atom. The molecule has 0 fully saturated rings. The molecule has 0 saturated carbocycles. The van der Waals surface area contributed by atoms with E-state index < -0.39 is 0 Å². The molecule has 43 heavy (non-hydrogen) atoms. The second-order valence-corrected chi connectivity index (χ2v) is 13.8. The summed E-state index contributed by atoms with van der Waals surface area (Å²) >= 11 is 0. The number of hydrogen-bond acceptors (Lipinski definition) is 3. The van der Waals surface area contributed by atoms with Gasteiger partial charge in [0.1, 0.15) is 5.76 Å². The van der Waals surface area contributed by atoms with Crippen LogP contribution in [0.3, 0.4) is 0 Å². The summed E-state index contributed by atoms with van der Waals surface area (Å²) in [5.41, 5.74) is 6.81. The van der Waals surface area contributed by atoms with E-state index in [0.29, 0.717) is 5.92 Å². The van der Waals surface area contributed by atoms with Gasteiger partial charge < -0.3 is 10.1 Å². The van der Waals surface area contributed by atoms with Gasteiger partial charge in [-0.25, -0.2) is 0 Å². The first-order valence-electron chi connectivity index (χ1n) is 15.9. The second-order valence-electron chi connectivity index (χ2n) is 13.8. The molecule has 1 radical (unpaired) electrons. The summed E-state index contributed by atoms with van der Waals surface area (Å²) in [4.78, 5) is 16.6. The minimum Gasteiger partial charge on any atom is -0.512 e. The van der Waals surface area contributed by atoms with Gasteiger partial charge in [-0.3, -0.25) is 4.79 Å². The maximum Gasteiger partial charge on any atom is 0.164 e. The topological polar surface area (TPSA) is 50.2 Å². The maximum atomic E-state index is 11.8. The smallest absolute Gasteiger partial charge is 0.164 e. The van der Waals surface area contributed by atoms with E-state index in [1.807, 2.05) is 47.7 Å². The van der Waals surface area contributed by atoms with Gasteiger partial charge in [-0.05, 0) is 78.1 Å². The van der Waals surface area contributed by atoms with E-state index in [1.54, 1.807) is 0 Å². The van der Waals surface area contributed by atoms with Crippen LogP contribution in [0.2, 0.25) is 0 Å². The number of aromatic nitrogens is 1. The number of hydrogen-bond donors (Lipinski definition) is 1. The van der Waals surface area contributed by atoms with Crippen LogP contribution in [-0.4, -0.2) is 15.9 Å². The average Bonchev–Trinajstić information content (AvgIpc) is 2.92. The molecular weight excluding hydrogens is 707 g/mol. The van der Waals surface area contributed by atoms with E-state index in [-0.39, 0.29) is 42.5 Å². The molecule has 3 rings (SSSR count). The van der Waals surface area contributed by atoms with E-state index in [1.165, 1.54) is 52.8 Å². The molecule has 0 amide bonds. The van der Waals surface area contributed by atoms with Crippen LogP contribution in [0, 0.1) is 43.6 Å². The minimum absolute atomic E-state index is 0. The predicted molar refractivity (Wildman–Crippen MR) is 181 cm³/mol. The van der Waals surface area contributed by atoms with E-state index in [0.717, 1.165) is 35.6 Å². The molecule has 4 heteroatoms. The fraction of sp³-hybridized carbons (Fsp3) is 0.538. The van der Waals surface area contributed by atoms with Gasteiger partial charge >= 0.3 is 0 Å². The molecule has 2 aromatic carbocycles. The van der Waals surface area contributed by atoms with E-state index in [4.69, 9.17) is 4.98 Å². The van der Waals surface area contributed by atoms with Gasteiger partial charge in [0.15, 0.2) is 5.78 Å². The van der Waals surface area contributed by atoms with E-state index in [2.05, 4.69) is 77.9 Å². The van der Waals surface area contributed by atoms with Crippen LogP contribution >= 0.6 is 0 Å². The third kappa shape index (κ3) is 10.4. The van der Waals surface area contributed by atoms with Crippen LogP contribution in [0.15, 0.2) is 48.4 Å². The van der Waals surface area contributed by atoms with Crippen molar-refractivity contribution in [3.63, 3.8) is 0 Å².